The molecule has 0 radical (unpaired) electrons. The SMILES string of the molecule is Cc1ccc(OCCNC(=O)COc2ccc(Cl)cc2Cl)cc1C. The minimum Gasteiger partial charge on any atom is -0.492 e. The van der Waals surface area contributed by atoms with Crippen molar-refractivity contribution in [2.45, 2.75) is 13.8 Å². The topological polar surface area (TPSA) is 47.6 Å². The Hall–Kier alpha value is -1.91. The molecule has 0 heterocycles. The Morgan fingerprint density at radius 2 is 1.83 bits per heavy atom. The van der Waals surface area contributed by atoms with E-state index >= 15 is 0 Å². The zero-order valence-corrected chi connectivity index (χ0v) is 15.1. The predicted molar refractivity (Wildman–Crippen MR) is 96.4 cm³/mol. The Morgan fingerprint density at radius 3 is 2.54 bits per heavy atom. The third kappa shape index (κ3) is 5.62. The van der Waals surface area contributed by atoms with E-state index in [1.54, 1.807) is 18.2 Å². The zero-order valence-electron chi connectivity index (χ0n) is 13.6. The van der Waals surface area contributed by atoms with Crippen LogP contribution < -0.4 is 14.8 Å². The predicted octanol–water partition coefficient (Wildman–Crippen LogP) is 4.18. The van der Waals surface area contributed by atoms with Gasteiger partial charge in [-0.2, -0.15) is 0 Å². The van der Waals surface area contributed by atoms with E-state index in [1.807, 2.05) is 32.0 Å². The van der Waals surface area contributed by atoms with Gasteiger partial charge in [0, 0.05) is 5.02 Å². The van der Waals surface area contributed by atoms with Crippen molar-refractivity contribution >= 4 is 29.1 Å². The molecule has 1 N–H and O–H groups in total. The molecule has 0 aromatic heterocycles. The molecule has 1 amide bonds. The van der Waals surface area contributed by atoms with Crippen LogP contribution in [0.5, 0.6) is 11.5 Å². The fourth-order valence-electron chi connectivity index (χ4n) is 1.95. The number of carbonyl (C=O) groups is 1. The van der Waals surface area contributed by atoms with E-state index in [4.69, 9.17) is 32.7 Å². The molecule has 0 saturated carbocycles. The number of ether oxygens (including phenoxy) is 2. The Bertz CT molecular complexity index is 719. The summed E-state index contributed by atoms with van der Waals surface area (Å²) in [4.78, 5) is 11.7. The van der Waals surface area contributed by atoms with Crippen LogP contribution >= 0.6 is 23.2 Å². The molecule has 0 unspecified atom stereocenters. The maximum atomic E-state index is 11.7. The number of carbonyl (C=O) groups excluding carboxylic acids is 1. The van der Waals surface area contributed by atoms with Crippen LogP contribution in [0.25, 0.3) is 0 Å². The van der Waals surface area contributed by atoms with Gasteiger partial charge in [-0.15, -0.1) is 0 Å². The van der Waals surface area contributed by atoms with Crippen molar-refractivity contribution in [3.63, 3.8) is 0 Å². The van der Waals surface area contributed by atoms with E-state index in [0.29, 0.717) is 28.9 Å². The van der Waals surface area contributed by atoms with Gasteiger partial charge in [0.1, 0.15) is 18.1 Å². The summed E-state index contributed by atoms with van der Waals surface area (Å²) in [7, 11) is 0. The quantitative estimate of drug-likeness (QED) is 0.746. The first-order chi connectivity index (χ1) is 11.5. The highest BCUT2D eigenvalue weighted by molar-refractivity contribution is 6.35. The highest BCUT2D eigenvalue weighted by Crippen LogP contribution is 2.27. The maximum absolute atomic E-state index is 11.7. The number of nitrogens with one attached hydrogen (secondary N) is 1. The largest absolute Gasteiger partial charge is 0.492 e. The van der Waals surface area contributed by atoms with Gasteiger partial charge >= 0.3 is 0 Å². The number of halogens is 2. The van der Waals surface area contributed by atoms with E-state index in [0.717, 1.165) is 5.75 Å². The van der Waals surface area contributed by atoms with Crippen molar-refractivity contribution in [1.29, 1.82) is 0 Å². The lowest BCUT2D eigenvalue weighted by molar-refractivity contribution is -0.123. The molecule has 24 heavy (non-hydrogen) atoms. The van der Waals surface area contributed by atoms with Gasteiger partial charge in [-0.05, 0) is 55.3 Å². The van der Waals surface area contributed by atoms with Gasteiger partial charge in [0.2, 0.25) is 0 Å². The molecule has 0 fully saturated rings. The van der Waals surface area contributed by atoms with Gasteiger partial charge in [0.05, 0.1) is 11.6 Å². The Balaban J connectivity index is 1.68. The fourth-order valence-corrected chi connectivity index (χ4v) is 2.41. The first kappa shape index (κ1) is 18.4. The van der Waals surface area contributed by atoms with Gasteiger partial charge in [-0.3, -0.25) is 4.79 Å². The molecule has 2 aromatic rings. The van der Waals surface area contributed by atoms with Crippen LogP contribution in [0.1, 0.15) is 11.1 Å². The van der Waals surface area contributed by atoms with Gasteiger partial charge in [0.25, 0.3) is 5.91 Å². The molecule has 0 aliphatic rings. The van der Waals surface area contributed by atoms with Gasteiger partial charge < -0.3 is 14.8 Å². The summed E-state index contributed by atoms with van der Waals surface area (Å²) in [5.41, 5.74) is 2.39. The van der Waals surface area contributed by atoms with Crippen LogP contribution in [-0.2, 0) is 4.79 Å². The van der Waals surface area contributed by atoms with Gasteiger partial charge in [-0.1, -0.05) is 29.3 Å². The molecule has 0 aliphatic carbocycles. The van der Waals surface area contributed by atoms with E-state index in [-0.39, 0.29) is 12.5 Å². The van der Waals surface area contributed by atoms with E-state index in [1.165, 1.54) is 11.1 Å². The van der Waals surface area contributed by atoms with E-state index < -0.39 is 0 Å². The summed E-state index contributed by atoms with van der Waals surface area (Å²) in [6.07, 6.45) is 0. The van der Waals surface area contributed by atoms with Crippen LogP contribution in [0, 0.1) is 13.8 Å². The van der Waals surface area contributed by atoms with Crippen LogP contribution in [-0.4, -0.2) is 25.7 Å². The summed E-state index contributed by atoms with van der Waals surface area (Å²) in [6, 6.07) is 10.7. The fraction of sp³-hybridized carbons (Fsp3) is 0.278. The molecular formula is C18H19Cl2NO3. The number of hydrogen-bond acceptors (Lipinski definition) is 3. The summed E-state index contributed by atoms with van der Waals surface area (Å²) in [6.45, 7) is 4.74. The minimum absolute atomic E-state index is 0.120. The molecule has 2 aromatic carbocycles. The second-order valence-electron chi connectivity index (χ2n) is 5.31. The average molecular weight is 368 g/mol. The molecule has 2 rings (SSSR count). The highest BCUT2D eigenvalue weighted by Gasteiger charge is 2.06. The lowest BCUT2D eigenvalue weighted by atomic mass is 10.1. The number of benzene rings is 2. The normalized spacial score (nSPS) is 10.3. The zero-order chi connectivity index (χ0) is 17.5. The molecule has 0 saturated heterocycles. The Kier molecular flexibility index (Phi) is 6.76. The van der Waals surface area contributed by atoms with Crippen molar-refractivity contribution in [1.82, 2.24) is 5.32 Å². The van der Waals surface area contributed by atoms with Gasteiger partial charge in [0.15, 0.2) is 6.61 Å². The van der Waals surface area contributed by atoms with Crippen LogP contribution in [0.4, 0.5) is 0 Å². The highest BCUT2D eigenvalue weighted by atomic mass is 35.5. The maximum Gasteiger partial charge on any atom is 0.258 e. The third-order valence-electron chi connectivity index (χ3n) is 3.42. The molecular weight excluding hydrogens is 349 g/mol. The standard InChI is InChI=1S/C18H19Cl2NO3/c1-12-3-5-15(9-13(12)2)23-8-7-21-18(22)11-24-17-6-4-14(19)10-16(17)20/h3-6,9-10H,7-8,11H2,1-2H3,(H,21,22). The molecule has 4 nitrogen and oxygen atoms in total. The van der Waals surface area contributed by atoms with Crippen molar-refractivity contribution in [2.24, 2.45) is 0 Å². The summed E-state index contributed by atoms with van der Waals surface area (Å²) in [5, 5.41) is 3.60. The van der Waals surface area contributed by atoms with Crippen molar-refractivity contribution in [3.8, 4) is 11.5 Å². The molecule has 0 bridgehead atoms. The number of hydrogen-bond donors (Lipinski definition) is 1. The smallest absolute Gasteiger partial charge is 0.258 e. The first-order valence-electron chi connectivity index (χ1n) is 7.50. The summed E-state index contributed by atoms with van der Waals surface area (Å²) >= 11 is 11.8. The van der Waals surface area contributed by atoms with Crippen molar-refractivity contribution in [2.75, 3.05) is 19.8 Å². The number of aryl methyl sites for hydroxylation is 2. The lowest BCUT2D eigenvalue weighted by Gasteiger charge is -2.10. The van der Waals surface area contributed by atoms with E-state index in [2.05, 4.69) is 5.32 Å². The molecule has 128 valence electrons. The molecule has 0 atom stereocenters. The second kappa shape index (κ2) is 8.81. The van der Waals surface area contributed by atoms with Crippen molar-refractivity contribution < 1.29 is 14.3 Å². The Labute approximate surface area is 151 Å². The number of amides is 1. The third-order valence-corrected chi connectivity index (χ3v) is 3.95. The molecule has 6 heteroatoms. The average Bonchev–Trinajstić information content (AvgIpc) is 2.54. The van der Waals surface area contributed by atoms with E-state index in [9.17, 15) is 4.79 Å². The molecule has 0 spiro atoms. The minimum atomic E-state index is -0.246. The van der Waals surface area contributed by atoms with Crippen LogP contribution in [0.3, 0.4) is 0 Å². The molecule has 0 aliphatic heterocycles. The van der Waals surface area contributed by atoms with Gasteiger partial charge in [-0.25, -0.2) is 0 Å². The monoisotopic (exact) mass is 367 g/mol. The summed E-state index contributed by atoms with van der Waals surface area (Å²) < 4.78 is 11.0. The van der Waals surface area contributed by atoms with Crippen molar-refractivity contribution in [3.05, 3.63) is 57.6 Å². The number of rotatable bonds is 7. The van der Waals surface area contributed by atoms with Crippen LogP contribution in [0.15, 0.2) is 36.4 Å². The lowest BCUT2D eigenvalue weighted by Crippen LogP contribution is -2.32. The first-order valence-corrected chi connectivity index (χ1v) is 8.26. The Morgan fingerprint density at radius 1 is 1.04 bits per heavy atom. The second-order valence-corrected chi connectivity index (χ2v) is 6.15. The summed E-state index contributed by atoms with van der Waals surface area (Å²) in [5.74, 6) is 0.962. The van der Waals surface area contributed by atoms with Crippen LogP contribution in [0.2, 0.25) is 10.0 Å².